The predicted molar refractivity (Wildman–Crippen MR) is 53.9 cm³/mol. The van der Waals surface area contributed by atoms with Gasteiger partial charge in [0.15, 0.2) is 5.82 Å². The van der Waals surface area contributed by atoms with Gasteiger partial charge in [0.2, 0.25) is 0 Å². The minimum absolute atomic E-state index is 0.0564. The van der Waals surface area contributed by atoms with Crippen molar-refractivity contribution in [3.63, 3.8) is 0 Å². The third-order valence-corrected chi connectivity index (χ3v) is 2.40. The smallest absolute Gasteiger partial charge is 0.155 e. The van der Waals surface area contributed by atoms with Crippen LogP contribution in [-0.2, 0) is 6.42 Å². The van der Waals surface area contributed by atoms with Gasteiger partial charge in [0.1, 0.15) is 0 Å². The number of aliphatic hydroxyl groups is 1. The van der Waals surface area contributed by atoms with Gasteiger partial charge in [-0.3, -0.25) is 0 Å². The van der Waals surface area contributed by atoms with Gasteiger partial charge >= 0.3 is 0 Å². The van der Waals surface area contributed by atoms with E-state index in [1.54, 1.807) is 0 Å². The molecular weight excluding hydrogens is 213 g/mol. The van der Waals surface area contributed by atoms with Gasteiger partial charge in [-0.25, -0.2) is 4.39 Å². The van der Waals surface area contributed by atoms with Gasteiger partial charge in [0.05, 0.1) is 5.02 Å². The molecule has 0 aliphatic rings. The summed E-state index contributed by atoms with van der Waals surface area (Å²) in [5.74, 6) is -0.595. The zero-order chi connectivity index (χ0) is 10.0. The van der Waals surface area contributed by atoms with E-state index in [1.165, 1.54) is 6.07 Å². The van der Waals surface area contributed by atoms with E-state index in [0.717, 1.165) is 0 Å². The predicted octanol–water partition coefficient (Wildman–Crippen LogP) is 1.88. The Balaban J connectivity index is 3.26. The summed E-state index contributed by atoms with van der Waals surface area (Å²) in [5.41, 5.74) is 6.35. The fourth-order valence-electron chi connectivity index (χ4n) is 1.04. The zero-order valence-corrected chi connectivity index (χ0v) is 8.37. The molecule has 0 spiro atoms. The molecule has 0 atom stereocenters. The second kappa shape index (κ2) is 4.17. The molecule has 0 heterocycles. The number of nitrogens with two attached hydrogens (primary N) is 1. The Bertz CT molecular complexity index is 332. The van der Waals surface area contributed by atoms with Crippen LogP contribution < -0.4 is 5.73 Å². The summed E-state index contributed by atoms with van der Waals surface area (Å²) < 4.78 is 13.1. The number of hydrogen-bond donors (Lipinski definition) is 3. The Morgan fingerprint density at radius 2 is 2.23 bits per heavy atom. The molecule has 72 valence electrons. The number of benzene rings is 1. The number of halogens is 2. The fraction of sp³-hybridized carbons (Fsp3) is 0.250. The maximum absolute atomic E-state index is 13.1. The van der Waals surface area contributed by atoms with Crippen LogP contribution in [0, 0.1) is 5.82 Å². The molecule has 0 bridgehead atoms. The summed E-state index contributed by atoms with van der Waals surface area (Å²) in [4.78, 5) is 0.115. The summed E-state index contributed by atoms with van der Waals surface area (Å²) >= 11 is 9.52. The van der Waals surface area contributed by atoms with E-state index in [1.807, 2.05) is 0 Å². The Morgan fingerprint density at radius 3 is 2.77 bits per heavy atom. The molecule has 0 aliphatic carbocycles. The standard InChI is InChI=1S/C8H9ClFNOS/c9-7-4(1-2-12)5(11)3-6(13)8(7)10/h3,12-13H,1-2,11H2. The molecule has 0 aromatic heterocycles. The highest BCUT2D eigenvalue weighted by molar-refractivity contribution is 7.80. The van der Waals surface area contributed by atoms with Gasteiger partial charge in [0.25, 0.3) is 0 Å². The molecular formula is C8H9ClFNOS. The normalized spacial score (nSPS) is 10.5. The Kier molecular flexibility index (Phi) is 3.41. The van der Waals surface area contributed by atoms with Crippen molar-refractivity contribution in [2.45, 2.75) is 11.3 Å². The Labute approximate surface area is 85.9 Å². The summed E-state index contributed by atoms with van der Waals surface area (Å²) in [6, 6.07) is 1.38. The SMILES string of the molecule is Nc1cc(S)c(F)c(Cl)c1CCO. The third-order valence-electron chi connectivity index (χ3n) is 1.69. The second-order valence-electron chi connectivity index (χ2n) is 2.57. The minimum Gasteiger partial charge on any atom is -0.398 e. The summed E-state index contributed by atoms with van der Waals surface area (Å²) in [6.07, 6.45) is 0.246. The van der Waals surface area contributed by atoms with E-state index >= 15 is 0 Å². The first-order valence-corrected chi connectivity index (χ1v) is 4.46. The van der Waals surface area contributed by atoms with Crippen LogP contribution in [0.3, 0.4) is 0 Å². The van der Waals surface area contributed by atoms with E-state index in [4.69, 9.17) is 22.4 Å². The molecule has 1 aromatic carbocycles. The number of rotatable bonds is 2. The van der Waals surface area contributed by atoms with Gasteiger partial charge in [-0.1, -0.05) is 11.6 Å². The first-order chi connectivity index (χ1) is 6.07. The van der Waals surface area contributed by atoms with Crippen molar-refractivity contribution in [1.29, 1.82) is 0 Å². The van der Waals surface area contributed by atoms with Gasteiger partial charge in [-0.05, 0) is 18.1 Å². The van der Waals surface area contributed by atoms with Gasteiger partial charge in [-0.2, -0.15) is 0 Å². The molecule has 1 aromatic rings. The van der Waals surface area contributed by atoms with Crippen LogP contribution >= 0.6 is 24.2 Å². The van der Waals surface area contributed by atoms with Crippen molar-refractivity contribution in [2.75, 3.05) is 12.3 Å². The van der Waals surface area contributed by atoms with E-state index in [9.17, 15) is 4.39 Å². The first-order valence-electron chi connectivity index (χ1n) is 3.64. The van der Waals surface area contributed by atoms with E-state index in [2.05, 4.69) is 12.6 Å². The Hall–Kier alpha value is -0.450. The van der Waals surface area contributed by atoms with Crippen LogP contribution in [0.4, 0.5) is 10.1 Å². The van der Waals surface area contributed by atoms with Crippen LogP contribution in [0.1, 0.15) is 5.56 Å². The van der Waals surface area contributed by atoms with Crippen molar-refractivity contribution < 1.29 is 9.50 Å². The topological polar surface area (TPSA) is 46.2 Å². The molecule has 0 saturated carbocycles. The fourth-order valence-corrected chi connectivity index (χ4v) is 1.66. The highest BCUT2D eigenvalue weighted by atomic mass is 35.5. The lowest BCUT2D eigenvalue weighted by Gasteiger charge is -2.08. The first kappa shape index (κ1) is 10.6. The molecule has 0 saturated heterocycles. The van der Waals surface area contributed by atoms with Crippen LogP contribution in [0.2, 0.25) is 5.02 Å². The molecule has 5 heteroatoms. The van der Waals surface area contributed by atoms with Crippen LogP contribution in [0.5, 0.6) is 0 Å². The zero-order valence-electron chi connectivity index (χ0n) is 6.72. The highest BCUT2D eigenvalue weighted by Crippen LogP contribution is 2.30. The van der Waals surface area contributed by atoms with Crippen molar-refractivity contribution in [3.05, 3.63) is 22.5 Å². The number of nitrogen functional groups attached to an aromatic ring is 1. The molecule has 2 nitrogen and oxygen atoms in total. The van der Waals surface area contributed by atoms with E-state index in [-0.39, 0.29) is 22.9 Å². The largest absolute Gasteiger partial charge is 0.398 e. The minimum atomic E-state index is -0.595. The van der Waals surface area contributed by atoms with Crippen molar-refractivity contribution in [2.24, 2.45) is 0 Å². The monoisotopic (exact) mass is 221 g/mol. The molecule has 0 aliphatic heterocycles. The number of anilines is 1. The third kappa shape index (κ3) is 2.07. The van der Waals surface area contributed by atoms with Crippen molar-refractivity contribution in [1.82, 2.24) is 0 Å². The van der Waals surface area contributed by atoms with Crippen molar-refractivity contribution in [3.8, 4) is 0 Å². The molecule has 0 fully saturated rings. The van der Waals surface area contributed by atoms with Gasteiger partial charge in [-0.15, -0.1) is 12.6 Å². The van der Waals surface area contributed by atoms with Crippen LogP contribution in [0.25, 0.3) is 0 Å². The van der Waals surface area contributed by atoms with Gasteiger partial charge in [0, 0.05) is 17.2 Å². The van der Waals surface area contributed by atoms with Gasteiger partial charge < -0.3 is 10.8 Å². The maximum Gasteiger partial charge on any atom is 0.155 e. The second-order valence-corrected chi connectivity index (χ2v) is 3.42. The van der Waals surface area contributed by atoms with E-state index in [0.29, 0.717) is 11.3 Å². The molecule has 0 unspecified atom stereocenters. The molecule has 0 radical (unpaired) electrons. The van der Waals surface area contributed by atoms with Crippen LogP contribution in [-0.4, -0.2) is 11.7 Å². The maximum atomic E-state index is 13.1. The molecule has 1 rings (SSSR count). The lowest BCUT2D eigenvalue weighted by Crippen LogP contribution is -2.01. The summed E-state index contributed by atoms with van der Waals surface area (Å²) in [6.45, 7) is -0.116. The molecule has 0 amide bonds. The number of hydrogen-bond acceptors (Lipinski definition) is 3. The average molecular weight is 222 g/mol. The Morgan fingerprint density at radius 1 is 1.62 bits per heavy atom. The molecule has 3 N–H and O–H groups in total. The molecule has 13 heavy (non-hydrogen) atoms. The highest BCUT2D eigenvalue weighted by Gasteiger charge is 2.12. The summed E-state index contributed by atoms with van der Waals surface area (Å²) in [5, 5.41) is 8.62. The van der Waals surface area contributed by atoms with Crippen LogP contribution in [0.15, 0.2) is 11.0 Å². The summed E-state index contributed by atoms with van der Waals surface area (Å²) in [7, 11) is 0. The quantitative estimate of drug-likeness (QED) is 0.528. The van der Waals surface area contributed by atoms with Crippen molar-refractivity contribution >= 4 is 29.9 Å². The lowest BCUT2D eigenvalue weighted by molar-refractivity contribution is 0.299. The average Bonchev–Trinajstić information content (AvgIpc) is 2.09. The number of aliphatic hydroxyl groups excluding tert-OH is 1. The lowest BCUT2D eigenvalue weighted by atomic mass is 10.1. The van der Waals surface area contributed by atoms with E-state index < -0.39 is 5.82 Å². The number of thiol groups is 1.